The number of amides is 1. The van der Waals surface area contributed by atoms with Crippen molar-refractivity contribution in [3.63, 3.8) is 0 Å². The largest absolute Gasteiger partial charge is 0.352 e. The molecule has 0 spiro atoms. The third kappa shape index (κ3) is 4.71. The lowest BCUT2D eigenvalue weighted by atomic mass is 10.1. The number of aryl methyl sites for hydroxylation is 1. The Labute approximate surface area is 160 Å². The number of aromatic nitrogens is 2. The number of carbonyl (C=O) groups is 1. The molecule has 140 valence electrons. The molecular weight excluding hydrogens is 372 g/mol. The molecule has 3 aromatic rings. The van der Waals surface area contributed by atoms with E-state index in [0.29, 0.717) is 30.8 Å². The van der Waals surface area contributed by atoms with E-state index in [4.69, 9.17) is 11.6 Å². The summed E-state index contributed by atoms with van der Waals surface area (Å²) in [5, 5.41) is 7.31. The summed E-state index contributed by atoms with van der Waals surface area (Å²) < 4.78 is 27.7. The van der Waals surface area contributed by atoms with Crippen molar-refractivity contribution in [3.8, 4) is 0 Å². The van der Waals surface area contributed by atoms with Crippen LogP contribution in [0.1, 0.15) is 27.2 Å². The van der Waals surface area contributed by atoms with E-state index in [-0.39, 0.29) is 22.7 Å². The van der Waals surface area contributed by atoms with E-state index in [0.717, 1.165) is 11.1 Å². The predicted molar refractivity (Wildman–Crippen MR) is 99.9 cm³/mol. The van der Waals surface area contributed by atoms with Crippen molar-refractivity contribution >= 4 is 17.5 Å². The normalized spacial score (nSPS) is 10.8. The summed E-state index contributed by atoms with van der Waals surface area (Å²) in [5.41, 5.74) is 2.42. The van der Waals surface area contributed by atoms with Gasteiger partial charge in [0.05, 0.1) is 17.8 Å². The van der Waals surface area contributed by atoms with Crippen LogP contribution in [0.2, 0.25) is 5.15 Å². The van der Waals surface area contributed by atoms with Gasteiger partial charge in [-0.15, -0.1) is 0 Å². The highest BCUT2D eigenvalue weighted by molar-refractivity contribution is 6.33. The van der Waals surface area contributed by atoms with Crippen LogP contribution in [0.4, 0.5) is 8.78 Å². The lowest BCUT2D eigenvalue weighted by Crippen LogP contribution is -2.26. The molecule has 3 rings (SSSR count). The molecule has 0 aliphatic rings. The molecule has 0 fully saturated rings. The first-order valence-electron chi connectivity index (χ1n) is 8.44. The number of rotatable bonds is 6. The molecule has 1 amide bonds. The van der Waals surface area contributed by atoms with Crippen molar-refractivity contribution in [3.05, 3.63) is 87.7 Å². The Bertz CT molecular complexity index is 954. The summed E-state index contributed by atoms with van der Waals surface area (Å²) in [6.07, 6.45) is 0.504. The van der Waals surface area contributed by atoms with Crippen molar-refractivity contribution in [2.75, 3.05) is 6.54 Å². The molecule has 0 saturated carbocycles. The standard InChI is InChI=1S/C20H18ClF2N3O/c1-13-18(20(27)24-10-9-14-3-2-4-17(23)11-14)19(21)26(25-13)12-15-5-7-16(22)8-6-15/h2-8,11H,9-10,12H2,1H3,(H,24,27). The fourth-order valence-electron chi connectivity index (χ4n) is 2.78. The Morgan fingerprint density at radius 3 is 2.56 bits per heavy atom. The number of nitrogens with one attached hydrogen (secondary N) is 1. The van der Waals surface area contributed by atoms with E-state index in [1.54, 1.807) is 31.2 Å². The van der Waals surface area contributed by atoms with Gasteiger partial charge < -0.3 is 5.32 Å². The average Bonchev–Trinajstić information content (AvgIpc) is 2.90. The molecule has 1 heterocycles. The van der Waals surface area contributed by atoms with Gasteiger partial charge >= 0.3 is 0 Å². The number of hydrogen-bond donors (Lipinski definition) is 1. The zero-order valence-corrected chi connectivity index (χ0v) is 15.4. The van der Waals surface area contributed by atoms with Crippen molar-refractivity contribution in [1.82, 2.24) is 15.1 Å². The van der Waals surface area contributed by atoms with Gasteiger partial charge in [-0.3, -0.25) is 4.79 Å². The first-order valence-corrected chi connectivity index (χ1v) is 8.82. The zero-order chi connectivity index (χ0) is 19.4. The van der Waals surface area contributed by atoms with Gasteiger partial charge in [0.25, 0.3) is 5.91 Å². The van der Waals surface area contributed by atoms with Crippen molar-refractivity contribution in [1.29, 1.82) is 0 Å². The van der Waals surface area contributed by atoms with Gasteiger partial charge in [-0.25, -0.2) is 13.5 Å². The minimum absolute atomic E-state index is 0.222. The Kier molecular flexibility index (Phi) is 5.86. The zero-order valence-electron chi connectivity index (χ0n) is 14.7. The Morgan fingerprint density at radius 1 is 1.11 bits per heavy atom. The van der Waals surface area contributed by atoms with E-state index in [1.807, 2.05) is 0 Å². The maximum absolute atomic E-state index is 13.2. The Hall–Kier alpha value is -2.73. The summed E-state index contributed by atoms with van der Waals surface area (Å²) in [5.74, 6) is -0.959. The second-order valence-electron chi connectivity index (χ2n) is 6.17. The number of benzene rings is 2. The summed E-state index contributed by atoms with van der Waals surface area (Å²) in [7, 11) is 0. The lowest BCUT2D eigenvalue weighted by Gasteiger charge is -2.06. The molecule has 0 unspecified atom stereocenters. The molecule has 27 heavy (non-hydrogen) atoms. The second kappa shape index (κ2) is 8.31. The van der Waals surface area contributed by atoms with E-state index in [2.05, 4.69) is 10.4 Å². The predicted octanol–water partition coefficient (Wildman–Crippen LogP) is 4.14. The van der Waals surface area contributed by atoms with Crippen molar-refractivity contribution in [2.45, 2.75) is 19.9 Å². The Morgan fingerprint density at radius 2 is 1.85 bits per heavy atom. The Balaban J connectivity index is 1.66. The minimum atomic E-state index is -0.334. The van der Waals surface area contributed by atoms with Crippen LogP contribution in [0.15, 0.2) is 48.5 Å². The van der Waals surface area contributed by atoms with E-state index >= 15 is 0 Å². The number of nitrogens with zero attached hydrogens (tertiary/aromatic N) is 2. The minimum Gasteiger partial charge on any atom is -0.352 e. The van der Waals surface area contributed by atoms with Gasteiger partial charge in [-0.1, -0.05) is 35.9 Å². The van der Waals surface area contributed by atoms with Gasteiger partial charge in [-0.2, -0.15) is 5.10 Å². The highest BCUT2D eigenvalue weighted by Gasteiger charge is 2.20. The van der Waals surface area contributed by atoms with Crippen LogP contribution in [-0.2, 0) is 13.0 Å². The third-order valence-corrected chi connectivity index (χ3v) is 4.51. The number of halogens is 3. The fraction of sp³-hybridized carbons (Fsp3) is 0.200. The summed E-state index contributed by atoms with van der Waals surface area (Å²) in [6, 6.07) is 12.2. The molecule has 0 aliphatic heterocycles. The molecule has 4 nitrogen and oxygen atoms in total. The van der Waals surface area contributed by atoms with E-state index in [9.17, 15) is 13.6 Å². The number of carbonyl (C=O) groups excluding carboxylic acids is 1. The SMILES string of the molecule is Cc1nn(Cc2ccc(F)cc2)c(Cl)c1C(=O)NCCc1cccc(F)c1. The molecule has 1 aromatic heterocycles. The van der Waals surface area contributed by atoms with Gasteiger partial charge in [-0.05, 0) is 48.7 Å². The van der Waals surface area contributed by atoms with Crippen LogP contribution in [-0.4, -0.2) is 22.2 Å². The smallest absolute Gasteiger partial charge is 0.256 e. The fourth-order valence-corrected chi connectivity index (χ4v) is 3.10. The van der Waals surface area contributed by atoms with Crippen LogP contribution >= 0.6 is 11.6 Å². The third-order valence-electron chi connectivity index (χ3n) is 4.13. The molecule has 0 radical (unpaired) electrons. The molecule has 0 aliphatic carbocycles. The maximum atomic E-state index is 13.2. The highest BCUT2D eigenvalue weighted by Crippen LogP contribution is 2.21. The molecule has 0 saturated heterocycles. The molecule has 1 N–H and O–H groups in total. The van der Waals surface area contributed by atoms with Gasteiger partial charge in [0.15, 0.2) is 0 Å². The van der Waals surface area contributed by atoms with Crippen LogP contribution < -0.4 is 5.32 Å². The van der Waals surface area contributed by atoms with Gasteiger partial charge in [0, 0.05) is 6.54 Å². The quantitative estimate of drug-likeness (QED) is 0.688. The molecule has 0 atom stereocenters. The summed E-state index contributed by atoms with van der Waals surface area (Å²) in [4.78, 5) is 12.5. The number of hydrogen-bond acceptors (Lipinski definition) is 2. The van der Waals surface area contributed by atoms with Crippen LogP contribution in [0.25, 0.3) is 0 Å². The van der Waals surface area contributed by atoms with Crippen molar-refractivity contribution < 1.29 is 13.6 Å². The highest BCUT2D eigenvalue weighted by atomic mass is 35.5. The molecule has 2 aromatic carbocycles. The van der Waals surface area contributed by atoms with Crippen LogP contribution in [0, 0.1) is 18.6 Å². The second-order valence-corrected chi connectivity index (χ2v) is 6.53. The van der Waals surface area contributed by atoms with E-state index in [1.165, 1.54) is 28.9 Å². The van der Waals surface area contributed by atoms with Gasteiger partial charge in [0.1, 0.15) is 16.8 Å². The van der Waals surface area contributed by atoms with Crippen LogP contribution in [0.3, 0.4) is 0 Å². The first-order chi connectivity index (χ1) is 12.9. The summed E-state index contributed by atoms with van der Waals surface area (Å²) >= 11 is 6.34. The van der Waals surface area contributed by atoms with Crippen molar-refractivity contribution in [2.24, 2.45) is 0 Å². The van der Waals surface area contributed by atoms with Gasteiger partial charge in [0.2, 0.25) is 0 Å². The summed E-state index contributed by atoms with van der Waals surface area (Å²) in [6.45, 7) is 2.38. The molecule has 0 bridgehead atoms. The average molecular weight is 390 g/mol. The molecule has 7 heteroatoms. The molecular formula is C20H18ClF2N3O. The maximum Gasteiger partial charge on any atom is 0.256 e. The first kappa shape index (κ1) is 19.0. The lowest BCUT2D eigenvalue weighted by molar-refractivity contribution is 0.0953. The topological polar surface area (TPSA) is 46.9 Å². The monoisotopic (exact) mass is 389 g/mol. The van der Waals surface area contributed by atoms with E-state index < -0.39 is 0 Å². The van der Waals surface area contributed by atoms with Crippen LogP contribution in [0.5, 0.6) is 0 Å².